The maximum absolute atomic E-state index is 5.94. The zero-order valence-corrected chi connectivity index (χ0v) is 8.80. The summed E-state index contributed by atoms with van der Waals surface area (Å²) in [5, 5.41) is 0.562. The molecule has 72 valence electrons. The van der Waals surface area contributed by atoms with Crippen LogP contribution in [-0.2, 0) is 0 Å². The van der Waals surface area contributed by atoms with Crippen molar-refractivity contribution in [2.45, 2.75) is 32.7 Å². The maximum Gasteiger partial charge on any atom is 0.131 e. The molecule has 0 aromatic carbocycles. The minimum Gasteiger partial charge on any atom is -0.324 e. The molecular weight excluding hydrogens is 184 g/mol. The predicted molar refractivity (Wildman–Crippen MR) is 55.8 cm³/mol. The first-order chi connectivity index (χ1) is 6.15. The van der Waals surface area contributed by atoms with Gasteiger partial charge in [0.2, 0.25) is 0 Å². The summed E-state index contributed by atoms with van der Waals surface area (Å²) in [7, 11) is 0. The van der Waals surface area contributed by atoms with Crippen molar-refractivity contribution in [2.24, 2.45) is 5.73 Å². The van der Waals surface area contributed by atoms with Gasteiger partial charge >= 0.3 is 0 Å². The number of halogens is 1. The lowest BCUT2D eigenvalue weighted by atomic mass is 10.0. The zero-order chi connectivity index (χ0) is 9.84. The molecule has 0 spiro atoms. The van der Waals surface area contributed by atoms with Gasteiger partial charge in [-0.05, 0) is 30.5 Å². The van der Waals surface area contributed by atoms with Gasteiger partial charge in [0.1, 0.15) is 5.15 Å². The first-order valence-electron chi connectivity index (χ1n) is 4.52. The summed E-state index contributed by atoms with van der Waals surface area (Å²) in [5.74, 6) is 0. The molecule has 0 saturated carbocycles. The third-order valence-corrected chi connectivity index (χ3v) is 2.46. The van der Waals surface area contributed by atoms with Gasteiger partial charge in [0.05, 0.1) is 0 Å². The van der Waals surface area contributed by atoms with E-state index in [4.69, 9.17) is 17.3 Å². The van der Waals surface area contributed by atoms with Crippen LogP contribution in [0.3, 0.4) is 0 Å². The highest BCUT2D eigenvalue weighted by molar-refractivity contribution is 6.30. The molecule has 1 heterocycles. The quantitative estimate of drug-likeness (QED) is 0.759. The summed E-state index contributed by atoms with van der Waals surface area (Å²) in [6, 6.07) is 2.10. The fourth-order valence-electron chi connectivity index (χ4n) is 1.26. The smallest absolute Gasteiger partial charge is 0.131 e. The summed E-state index contributed by atoms with van der Waals surface area (Å²) in [6.45, 7) is 4.06. The van der Waals surface area contributed by atoms with Gasteiger partial charge in [-0.15, -0.1) is 0 Å². The monoisotopic (exact) mass is 198 g/mol. The SMILES string of the molecule is CCC[C@@H](N)c1cnc(Cl)c(C)c1. The third kappa shape index (κ3) is 2.68. The summed E-state index contributed by atoms with van der Waals surface area (Å²) in [4.78, 5) is 4.07. The molecule has 1 aromatic rings. The first-order valence-corrected chi connectivity index (χ1v) is 4.90. The van der Waals surface area contributed by atoms with Gasteiger partial charge in [0.25, 0.3) is 0 Å². The van der Waals surface area contributed by atoms with Crippen LogP contribution >= 0.6 is 11.6 Å². The Morgan fingerprint density at radius 1 is 1.62 bits per heavy atom. The standard InChI is InChI=1S/C10H15ClN2/c1-3-4-9(12)8-5-7(2)10(11)13-6-8/h5-6,9H,3-4,12H2,1-2H3/t9-/m1/s1. The predicted octanol–water partition coefficient (Wildman–Crippen LogP) is 2.84. The number of hydrogen-bond acceptors (Lipinski definition) is 2. The average Bonchev–Trinajstić information content (AvgIpc) is 2.10. The lowest BCUT2D eigenvalue weighted by molar-refractivity contribution is 0.635. The number of rotatable bonds is 3. The van der Waals surface area contributed by atoms with E-state index in [0.717, 1.165) is 24.0 Å². The van der Waals surface area contributed by atoms with Crippen LogP contribution < -0.4 is 5.73 Å². The van der Waals surface area contributed by atoms with Crippen molar-refractivity contribution in [3.63, 3.8) is 0 Å². The van der Waals surface area contributed by atoms with Crippen molar-refractivity contribution in [1.29, 1.82) is 0 Å². The van der Waals surface area contributed by atoms with E-state index >= 15 is 0 Å². The molecule has 13 heavy (non-hydrogen) atoms. The lowest BCUT2D eigenvalue weighted by Crippen LogP contribution is -2.10. The molecule has 0 unspecified atom stereocenters. The molecule has 1 rings (SSSR count). The topological polar surface area (TPSA) is 38.9 Å². The fourth-order valence-corrected chi connectivity index (χ4v) is 1.36. The van der Waals surface area contributed by atoms with Crippen LogP contribution in [0.5, 0.6) is 0 Å². The van der Waals surface area contributed by atoms with Crippen molar-refractivity contribution in [3.8, 4) is 0 Å². The van der Waals surface area contributed by atoms with E-state index in [-0.39, 0.29) is 6.04 Å². The Balaban J connectivity index is 2.84. The molecule has 0 fully saturated rings. The van der Waals surface area contributed by atoms with Gasteiger partial charge in [-0.1, -0.05) is 24.9 Å². The van der Waals surface area contributed by atoms with E-state index in [0.29, 0.717) is 5.15 Å². The van der Waals surface area contributed by atoms with Crippen molar-refractivity contribution >= 4 is 11.6 Å². The normalized spacial score (nSPS) is 12.9. The zero-order valence-electron chi connectivity index (χ0n) is 8.05. The third-order valence-electron chi connectivity index (χ3n) is 2.06. The molecule has 2 N–H and O–H groups in total. The molecule has 0 saturated heterocycles. The number of hydrogen-bond donors (Lipinski definition) is 1. The Kier molecular flexibility index (Phi) is 3.70. The molecule has 0 bridgehead atoms. The van der Waals surface area contributed by atoms with Gasteiger partial charge in [0.15, 0.2) is 0 Å². The van der Waals surface area contributed by atoms with Gasteiger partial charge < -0.3 is 5.73 Å². The largest absolute Gasteiger partial charge is 0.324 e. The van der Waals surface area contributed by atoms with Crippen LogP contribution in [0.1, 0.15) is 36.9 Å². The molecule has 1 atom stereocenters. The van der Waals surface area contributed by atoms with E-state index in [1.165, 1.54) is 0 Å². The number of aromatic nitrogens is 1. The van der Waals surface area contributed by atoms with Crippen LogP contribution in [0.2, 0.25) is 5.15 Å². The van der Waals surface area contributed by atoms with Gasteiger partial charge in [-0.2, -0.15) is 0 Å². The Morgan fingerprint density at radius 2 is 2.31 bits per heavy atom. The molecule has 0 aliphatic rings. The van der Waals surface area contributed by atoms with Crippen LogP contribution in [0, 0.1) is 6.92 Å². The summed E-state index contributed by atoms with van der Waals surface area (Å²) >= 11 is 5.81. The maximum atomic E-state index is 5.94. The minimum atomic E-state index is 0.0912. The molecule has 0 amide bonds. The van der Waals surface area contributed by atoms with E-state index < -0.39 is 0 Å². The van der Waals surface area contributed by atoms with Crippen molar-refractivity contribution in [3.05, 3.63) is 28.5 Å². The molecule has 0 radical (unpaired) electrons. The van der Waals surface area contributed by atoms with Gasteiger partial charge in [-0.3, -0.25) is 0 Å². The van der Waals surface area contributed by atoms with E-state index in [1.54, 1.807) is 6.20 Å². The Bertz CT molecular complexity index is 286. The second-order valence-electron chi connectivity index (χ2n) is 3.27. The van der Waals surface area contributed by atoms with Gasteiger partial charge in [-0.25, -0.2) is 4.98 Å². The summed E-state index contributed by atoms with van der Waals surface area (Å²) in [5.41, 5.74) is 8.01. The summed E-state index contributed by atoms with van der Waals surface area (Å²) in [6.07, 6.45) is 3.83. The van der Waals surface area contributed by atoms with Gasteiger partial charge in [0, 0.05) is 12.2 Å². The molecule has 2 nitrogen and oxygen atoms in total. The van der Waals surface area contributed by atoms with Crippen LogP contribution in [0.4, 0.5) is 0 Å². The summed E-state index contributed by atoms with van der Waals surface area (Å²) < 4.78 is 0. The number of nitrogens with zero attached hydrogens (tertiary/aromatic N) is 1. The van der Waals surface area contributed by atoms with Crippen LogP contribution in [-0.4, -0.2) is 4.98 Å². The molecule has 1 aromatic heterocycles. The first kappa shape index (κ1) is 10.5. The number of nitrogens with two attached hydrogens (primary N) is 1. The fraction of sp³-hybridized carbons (Fsp3) is 0.500. The Hall–Kier alpha value is -0.600. The number of pyridine rings is 1. The molecule has 0 aliphatic heterocycles. The Morgan fingerprint density at radius 3 is 2.85 bits per heavy atom. The van der Waals surface area contributed by atoms with E-state index in [1.807, 2.05) is 13.0 Å². The van der Waals surface area contributed by atoms with Crippen molar-refractivity contribution < 1.29 is 0 Å². The number of aryl methyl sites for hydroxylation is 1. The van der Waals surface area contributed by atoms with E-state index in [2.05, 4.69) is 11.9 Å². The Labute approximate surface area is 84.1 Å². The highest BCUT2D eigenvalue weighted by Crippen LogP contribution is 2.19. The molecular formula is C10H15ClN2. The molecule has 3 heteroatoms. The van der Waals surface area contributed by atoms with Crippen LogP contribution in [0.25, 0.3) is 0 Å². The average molecular weight is 199 g/mol. The second-order valence-corrected chi connectivity index (χ2v) is 3.63. The van der Waals surface area contributed by atoms with E-state index in [9.17, 15) is 0 Å². The lowest BCUT2D eigenvalue weighted by Gasteiger charge is -2.10. The minimum absolute atomic E-state index is 0.0912. The highest BCUT2D eigenvalue weighted by Gasteiger charge is 2.06. The van der Waals surface area contributed by atoms with Crippen LogP contribution in [0.15, 0.2) is 12.3 Å². The van der Waals surface area contributed by atoms with Crippen molar-refractivity contribution in [1.82, 2.24) is 4.98 Å². The molecule has 0 aliphatic carbocycles. The van der Waals surface area contributed by atoms with Crippen molar-refractivity contribution in [2.75, 3.05) is 0 Å². The second kappa shape index (κ2) is 4.58. The highest BCUT2D eigenvalue weighted by atomic mass is 35.5.